The van der Waals surface area contributed by atoms with E-state index in [4.69, 9.17) is 9.26 Å². The van der Waals surface area contributed by atoms with Crippen molar-refractivity contribution >= 4 is 6.01 Å². The van der Waals surface area contributed by atoms with Gasteiger partial charge >= 0.3 is 12.2 Å². The second kappa shape index (κ2) is 5.82. The lowest BCUT2D eigenvalue weighted by Crippen LogP contribution is -2.39. The molecule has 2 unspecified atom stereocenters. The van der Waals surface area contributed by atoms with Crippen molar-refractivity contribution in [2.75, 3.05) is 11.9 Å². The van der Waals surface area contributed by atoms with Crippen LogP contribution in [0.4, 0.5) is 19.2 Å². The molecule has 5 nitrogen and oxygen atoms in total. The molecule has 0 bridgehead atoms. The minimum atomic E-state index is -4.38. The molecule has 0 spiro atoms. The van der Waals surface area contributed by atoms with Crippen LogP contribution in [0.15, 0.2) is 4.52 Å². The topological polar surface area (TPSA) is 60.2 Å². The zero-order valence-corrected chi connectivity index (χ0v) is 11.5. The van der Waals surface area contributed by atoms with Crippen LogP contribution in [0, 0.1) is 0 Å². The Labute approximate surface area is 120 Å². The number of alkyl halides is 3. The van der Waals surface area contributed by atoms with Gasteiger partial charge in [0.25, 0.3) is 0 Å². The Bertz CT molecular complexity index is 467. The smallest absolute Gasteiger partial charge is 0.378 e. The highest BCUT2D eigenvalue weighted by Crippen LogP contribution is 2.35. The van der Waals surface area contributed by atoms with Gasteiger partial charge in [0.15, 0.2) is 5.82 Å². The van der Waals surface area contributed by atoms with Crippen molar-refractivity contribution in [3.05, 3.63) is 5.82 Å². The third kappa shape index (κ3) is 3.48. The van der Waals surface area contributed by atoms with E-state index in [0.717, 1.165) is 25.7 Å². The van der Waals surface area contributed by atoms with E-state index in [9.17, 15) is 13.2 Å². The van der Waals surface area contributed by atoms with E-state index >= 15 is 0 Å². The Hall–Kier alpha value is -1.31. The van der Waals surface area contributed by atoms with Crippen LogP contribution in [-0.2, 0) is 4.74 Å². The maximum atomic E-state index is 13.1. The summed E-state index contributed by atoms with van der Waals surface area (Å²) in [5.41, 5.74) is 0. The molecule has 1 aromatic heterocycles. The molecule has 1 saturated heterocycles. The lowest BCUT2D eigenvalue weighted by Gasteiger charge is -2.23. The quantitative estimate of drug-likeness (QED) is 0.905. The van der Waals surface area contributed by atoms with Crippen LogP contribution in [0.5, 0.6) is 0 Å². The summed E-state index contributed by atoms with van der Waals surface area (Å²) in [6.07, 6.45) is -0.367. The summed E-state index contributed by atoms with van der Waals surface area (Å²) in [4.78, 5) is 4.03. The number of nitrogens with one attached hydrogen (secondary N) is 1. The molecule has 0 radical (unpaired) electrons. The normalized spacial score (nSPS) is 24.8. The van der Waals surface area contributed by atoms with Crippen molar-refractivity contribution in [3.63, 3.8) is 0 Å². The minimum absolute atomic E-state index is 0.134. The first kappa shape index (κ1) is 14.6. The Morgan fingerprint density at radius 1 is 1.24 bits per heavy atom. The van der Waals surface area contributed by atoms with Crippen LogP contribution in [0.3, 0.4) is 0 Å². The summed E-state index contributed by atoms with van der Waals surface area (Å²) in [5.74, 6) is 0.730. The summed E-state index contributed by atoms with van der Waals surface area (Å²) in [7, 11) is 0. The molecule has 0 aromatic carbocycles. The number of hydrogen-bond donors (Lipinski definition) is 1. The fourth-order valence-electron chi connectivity index (χ4n) is 2.64. The first-order chi connectivity index (χ1) is 10.0. The number of nitrogens with zero attached hydrogens (tertiary/aromatic N) is 2. The van der Waals surface area contributed by atoms with Crippen molar-refractivity contribution in [2.24, 2.45) is 0 Å². The third-order valence-electron chi connectivity index (χ3n) is 4.13. The Kier molecular flexibility index (Phi) is 4.05. The van der Waals surface area contributed by atoms with Crippen molar-refractivity contribution < 1.29 is 22.4 Å². The van der Waals surface area contributed by atoms with Gasteiger partial charge in [0, 0.05) is 18.9 Å². The molecule has 1 aliphatic heterocycles. The van der Waals surface area contributed by atoms with E-state index in [1.54, 1.807) is 0 Å². The first-order valence-corrected chi connectivity index (χ1v) is 7.31. The van der Waals surface area contributed by atoms with Gasteiger partial charge in [0.1, 0.15) is 6.04 Å². The lowest BCUT2D eigenvalue weighted by molar-refractivity contribution is -0.149. The van der Waals surface area contributed by atoms with Gasteiger partial charge in [-0.15, -0.1) is 0 Å². The molecule has 8 heteroatoms. The van der Waals surface area contributed by atoms with Gasteiger partial charge in [0.05, 0.1) is 6.10 Å². The van der Waals surface area contributed by atoms with Crippen LogP contribution in [0.1, 0.15) is 50.3 Å². The Morgan fingerprint density at radius 2 is 2.05 bits per heavy atom. The number of anilines is 1. The highest BCUT2D eigenvalue weighted by atomic mass is 19.4. The summed E-state index contributed by atoms with van der Waals surface area (Å²) in [5, 5.41) is 6.08. The van der Waals surface area contributed by atoms with Gasteiger partial charge in [-0.1, -0.05) is 11.6 Å². The average molecular weight is 305 g/mol. The van der Waals surface area contributed by atoms with E-state index in [0.29, 0.717) is 18.9 Å². The zero-order chi connectivity index (χ0) is 14.9. The fraction of sp³-hybridized carbons (Fsp3) is 0.846. The van der Waals surface area contributed by atoms with E-state index in [1.807, 2.05) is 0 Å². The van der Waals surface area contributed by atoms with Gasteiger partial charge in [0.2, 0.25) is 0 Å². The predicted octanol–water partition coefficient (Wildman–Crippen LogP) is 3.25. The number of halogens is 3. The van der Waals surface area contributed by atoms with E-state index in [-0.39, 0.29) is 24.5 Å². The van der Waals surface area contributed by atoms with Crippen LogP contribution < -0.4 is 5.32 Å². The molecule has 3 rings (SSSR count). The molecular weight excluding hydrogens is 287 g/mol. The van der Waals surface area contributed by atoms with Gasteiger partial charge < -0.3 is 14.6 Å². The standard InChI is InChI=1S/C13H18F3N3O2/c14-13(15,16)10(7-9-5-2-6-20-9)17-12-18-11(19-21-12)8-3-1-4-8/h8-10H,1-7H2,(H,17,18,19). The molecule has 2 atom stereocenters. The molecule has 21 heavy (non-hydrogen) atoms. The van der Waals surface area contributed by atoms with E-state index in [1.165, 1.54) is 0 Å². The van der Waals surface area contributed by atoms with Gasteiger partial charge in [-0.3, -0.25) is 0 Å². The summed E-state index contributed by atoms with van der Waals surface area (Å²) < 4.78 is 49.5. The highest BCUT2D eigenvalue weighted by Gasteiger charge is 2.42. The zero-order valence-electron chi connectivity index (χ0n) is 11.5. The largest absolute Gasteiger partial charge is 0.408 e. The van der Waals surface area contributed by atoms with Crippen LogP contribution in [0.25, 0.3) is 0 Å². The number of aromatic nitrogens is 2. The first-order valence-electron chi connectivity index (χ1n) is 7.31. The lowest BCUT2D eigenvalue weighted by atomic mass is 9.85. The van der Waals surface area contributed by atoms with Crippen molar-refractivity contribution in [1.82, 2.24) is 10.1 Å². The maximum Gasteiger partial charge on any atom is 0.408 e. The Balaban J connectivity index is 1.63. The maximum absolute atomic E-state index is 13.1. The number of hydrogen-bond acceptors (Lipinski definition) is 5. The average Bonchev–Trinajstić information content (AvgIpc) is 2.97. The monoisotopic (exact) mass is 305 g/mol. The Morgan fingerprint density at radius 3 is 2.62 bits per heavy atom. The van der Waals surface area contributed by atoms with Crippen LogP contribution >= 0.6 is 0 Å². The summed E-state index contributed by atoms with van der Waals surface area (Å²) >= 11 is 0. The van der Waals surface area contributed by atoms with Gasteiger partial charge in [-0.25, -0.2) is 0 Å². The molecule has 1 saturated carbocycles. The summed E-state index contributed by atoms with van der Waals surface area (Å²) in [6.45, 7) is 0.529. The van der Waals surface area contributed by atoms with Crippen LogP contribution in [-0.4, -0.2) is 35.1 Å². The second-order valence-corrected chi connectivity index (χ2v) is 5.69. The van der Waals surface area contributed by atoms with Gasteiger partial charge in [-0.2, -0.15) is 18.2 Å². The molecule has 2 fully saturated rings. The van der Waals surface area contributed by atoms with Crippen molar-refractivity contribution in [3.8, 4) is 0 Å². The molecule has 118 valence electrons. The SMILES string of the molecule is FC(F)(F)C(CC1CCCO1)Nc1nc(C2CCC2)no1. The van der Waals surface area contributed by atoms with Crippen molar-refractivity contribution in [2.45, 2.75) is 62.8 Å². The predicted molar refractivity (Wildman–Crippen MR) is 67.9 cm³/mol. The molecule has 1 aromatic rings. The van der Waals surface area contributed by atoms with Gasteiger partial charge in [-0.05, 0) is 25.7 Å². The second-order valence-electron chi connectivity index (χ2n) is 5.69. The third-order valence-corrected chi connectivity index (χ3v) is 4.13. The molecular formula is C13H18F3N3O2. The van der Waals surface area contributed by atoms with Crippen molar-refractivity contribution in [1.29, 1.82) is 0 Å². The molecule has 2 heterocycles. The fourth-order valence-corrected chi connectivity index (χ4v) is 2.64. The number of ether oxygens (including phenoxy) is 1. The minimum Gasteiger partial charge on any atom is -0.378 e. The molecule has 0 amide bonds. The van der Waals surface area contributed by atoms with Crippen LogP contribution in [0.2, 0.25) is 0 Å². The molecule has 1 N–H and O–H groups in total. The molecule has 2 aliphatic rings. The van der Waals surface area contributed by atoms with E-state index < -0.39 is 12.2 Å². The molecule has 1 aliphatic carbocycles. The van der Waals surface area contributed by atoms with E-state index in [2.05, 4.69) is 15.5 Å². The summed E-state index contributed by atoms with van der Waals surface area (Å²) in [6, 6.07) is -1.88. The highest BCUT2D eigenvalue weighted by molar-refractivity contribution is 5.23. The number of rotatable bonds is 5.